The molecule has 136 valence electrons. The summed E-state index contributed by atoms with van der Waals surface area (Å²) in [6.45, 7) is 8.06. The third kappa shape index (κ3) is 3.96. The number of nitrogens with two attached hydrogens (primary N) is 1. The summed E-state index contributed by atoms with van der Waals surface area (Å²) in [5.41, 5.74) is 5.94. The van der Waals surface area contributed by atoms with Crippen LogP contribution in [0.4, 0.5) is 0 Å². The van der Waals surface area contributed by atoms with Crippen molar-refractivity contribution in [3.63, 3.8) is 0 Å². The summed E-state index contributed by atoms with van der Waals surface area (Å²) in [6, 6.07) is 3.88. The maximum absolute atomic E-state index is 12.8. The van der Waals surface area contributed by atoms with Crippen LogP contribution >= 0.6 is 22.9 Å². The average molecular weight is 402 g/mol. The highest BCUT2D eigenvalue weighted by Gasteiger charge is 2.24. The van der Waals surface area contributed by atoms with Crippen molar-refractivity contribution < 1.29 is 13.2 Å². The Balaban J connectivity index is 2.74. The molecule has 1 amide bonds. The summed E-state index contributed by atoms with van der Waals surface area (Å²) in [4.78, 5) is 12.6. The van der Waals surface area contributed by atoms with E-state index in [0.29, 0.717) is 4.80 Å². The normalized spacial score (nSPS) is 13.3. The van der Waals surface area contributed by atoms with Crippen LogP contribution < -0.4 is 10.5 Å². The van der Waals surface area contributed by atoms with E-state index in [1.807, 2.05) is 27.7 Å². The maximum atomic E-state index is 12.8. The van der Waals surface area contributed by atoms with Crippen LogP contribution in [-0.2, 0) is 22.5 Å². The first kappa shape index (κ1) is 19.7. The number of rotatable bonds is 3. The Bertz CT molecular complexity index is 1010. The first-order valence-corrected chi connectivity index (χ1v) is 10.1. The number of carbonyl (C=O) groups is 1. The Labute approximate surface area is 156 Å². The number of halogens is 1. The largest absolute Gasteiger partial charge is 0.366 e. The molecule has 2 rings (SSSR count). The topological polar surface area (TPSA) is 94.5 Å². The second-order valence-electron chi connectivity index (χ2n) is 6.68. The molecule has 1 heterocycles. The first-order chi connectivity index (χ1) is 11.3. The lowest BCUT2D eigenvalue weighted by Gasteiger charge is -2.17. The number of hydrogen-bond acceptors (Lipinski definition) is 4. The smallest absolute Gasteiger partial charge is 0.285 e. The van der Waals surface area contributed by atoms with Crippen LogP contribution in [0.15, 0.2) is 27.5 Å². The highest BCUT2D eigenvalue weighted by Crippen LogP contribution is 2.28. The molecule has 0 radical (unpaired) electrons. The number of amides is 1. The van der Waals surface area contributed by atoms with Crippen molar-refractivity contribution in [3.05, 3.63) is 44.2 Å². The Morgan fingerprint density at radius 2 is 1.92 bits per heavy atom. The quantitative estimate of drug-likeness (QED) is 0.856. The van der Waals surface area contributed by atoms with Crippen LogP contribution in [-0.4, -0.2) is 18.9 Å². The lowest BCUT2D eigenvalue weighted by atomic mass is 9.93. The molecular formula is C16H20ClN3O3S2. The van der Waals surface area contributed by atoms with Gasteiger partial charge in [-0.15, -0.1) is 15.7 Å². The van der Waals surface area contributed by atoms with Gasteiger partial charge in [-0.05, 0) is 30.5 Å². The maximum Gasteiger partial charge on any atom is 0.285 e. The molecule has 0 bridgehead atoms. The fraction of sp³-hybridized carbons (Fsp3) is 0.375. The van der Waals surface area contributed by atoms with Gasteiger partial charge in [-0.3, -0.25) is 4.79 Å². The van der Waals surface area contributed by atoms with Crippen molar-refractivity contribution in [3.8, 4) is 0 Å². The first-order valence-electron chi connectivity index (χ1n) is 7.42. The lowest BCUT2D eigenvalue weighted by Crippen LogP contribution is -2.18. The molecule has 9 heteroatoms. The van der Waals surface area contributed by atoms with Crippen LogP contribution in [0.3, 0.4) is 0 Å². The zero-order valence-corrected chi connectivity index (χ0v) is 17.0. The van der Waals surface area contributed by atoms with E-state index in [4.69, 9.17) is 17.3 Å². The van der Waals surface area contributed by atoms with E-state index in [0.717, 1.165) is 10.6 Å². The number of nitrogens with zero attached hydrogens (tertiary/aromatic N) is 2. The molecule has 0 aliphatic heterocycles. The van der Waals surface area contributed by atoms with Gasteiger partial charge in [-0.1, -0.05) is 32.4 Å². The van der Waals surface area contributed by atoms with Crippen molar-refractivity contribution in [2.24, 2.45) is 17.2 Å². The number of thiazole rings is 1. The fourth-order valence-corrected chi connectivity index (χ4v) is 5.25. The van der Waals surface area contributed by atoms with Gasteiger partial charge in [0.15, 0.2) is 0 Å². The average Bonchev–Trinajstić information content (AvgIpc) is 2.74. The molecule has 1 aromatic carbocycles. The van der Waals surface area contributed by atoms with Crippen molar-refractivity contribution in [2.45, 2.75) is 38.0 Å². The Morgan fingerprint density at radius 1 is 1.32 bits per heavy atom. The van der Waals surface area contributed by atoms with Gasteiger partial charge < -0.3 is 10.3 Å². The van der Waals surface area contributed by atoms with E-state index in [1.54, 1.807) is 11.6 Å². The Kier molecular flexibility index (Phi) is 5.18. The zero-order valence-electron chi connectivity index (χ0n) is 14.6. The van der Waals surface area contributed by atoms with Gasteiger partial charge in [0.05, 0.1) is 5.56 Å². The van der Waals surface area contributed by atoms with E-state index < -0.39 is 15.9 Å². The van der Waals surface area contributed by atoms with Gasteiger partial charge in [0.1, 0.15) is 4.90 Å². The van der Waals surface area contributed by atoms with Crippen LogP contribution in [0.1, 0.15) is 41.7 Å². The third-order valence-corrected chi connectivity index (χ3v) is 7.00. The predicted octanol–water partition coefficient (Wildman–Crippen LogP) is 2.73. The molecule has 0 saturated heterocycles. The van der Waals surface area contributed by atoms with Crippen LogP contribution in [0.5, 0.6) is 0 Å². The molecule has 0 fully saturated rings. The van der Waals surface area contributed by atoms with Crippen LogP contribution in [0.2, 0.25) is 5.02 Å². The van der Waals surface area contributed by atoms with Crippen molar-refractivity contribution >= 4 is 38.9 Å². The number of hydrogen-bond donors (Lipinski definition) is 1. The minimum atomic E-state index is -4.15. The van der Waals surface area contributed by atoms with Gasteiger partial charge in [0, 0.05) is 22.6 Å². The van der Waals surface area contributed by atoms with Gasteiger partial charge >= 0.3 is 0 Å². The van der Waals surface area contributed by atoms with E-state index in [1.165, 1.54) is 29.5 Å². The van der Waals surface area contributed by atoms with Gasteiger partial charge in [-0.25, -0.2) is 0 Å². The number of carbonyl (C=O) groups excluding carboxylic acids is 1. The second kappa shape index (κ2) is 6.59. The van der Waals surface area contributed by atoms with Gasteiger partial charge in [0.25, 0.3) is 10.0 Å². The number of primary amides is 1. The summed E-state index contributed by atoms with van der Waals surface area (Å²) in [5, 5.41) is 0.181. The summed E-state index contributed by atoms with van der Waals surface area (Å²) in [5.74, 6) is -0.854. The molecule has 2 aromatic rings. The summed E-state index contributed by atoms with van der Waals surface area (Å²) in [6.07, 6.45) is 0. The van der Waals surface area contributed by atoms with Crippen molar-refractivity contribution in [1.29, 1.82) is 0 Å². The number of sulfonamides is 1. The molecule has 0 aliphatic carbocycles. The summed E-state index contributed by atoms with van der Waals surface area (Å²) >= 11 is 7.19. The molecule has 0 spiro atoms. The third-order valence-electron chi connectivity index (χ3n) is 3.68. The minimum absolute atomic E-state index is 0.139. The molecule has 0 saturated carbocycles. The monoisotopic (exact) mass is 401 g/mol. The van der Waals surface area contributed by atoms with E-state index in [2.05, 4.69) is 4.40 Å². The number of benzene rings is 1. The zero-order chi connectivity index (χ0) is 19.2. The highest BCUT2D eigenvalue weighted by atomic mass is 35.5. The predicted molar refractivity (Wildman–Crippen MR) is 99.4 cm³/mol. The molecule has 2 N–H and O–H groups in total. The van der Waals surface area contributed by atoms with E-state index in [-0.39, 0.29) is 20.9 Å². The molecule has 25 heavy (non-hydrogen) atoms. The van der Waals surface area contributed by atoms with Crippen LogP contribution in [0, 0.1) is 6.92 Å². The van der Waals surface area contributed by atoms with Gasteiger partial charge in [-0.2, -0.15) is 8.42 Å². The molecule has 0 aliphatic rings. The SMILES string of the molecule is Cc1c(C(C)(C)C)s/c(=N\S(=O)(=O)c2cc(Cl)ccc2C(N)=O)n1C. The molecular weight excluding hydrogens is 382 g/mol. The van der Waals surface area contributed by atoms with E-state index >= 15 is 0 Å². The fourth-order valence-electron chi connectivity index (χ4n) is 2.37. The van der Waals surface area contributed by atoms with Crippen LogP contribution in [0.25, 0.3) is 0 Å². The molecule has 0 unspecified atom stereocenters. The molecule has 1 aromatic heterocycles. The van der Waals surface area contributed by atoms with Crippen molar-refractivity contribution in [1.82, 2.24) is 4.57 Å². The Morgan fingerprint density at radius 3 is 2.40 bits per heavy atom. The molecule has 6 nitrogen and oxygen atoms in total. The molecule has 0 atom stereocenters. The lowest BCUT2D eigenvalue weighted by molar-refractivity contribution is 0.0997. The Hall–Kier alpha value is -1.64. The number of aromatic nitrogens is 1. The standard InChI is InChI=1S/C16H20ClN3O3S2/c1-9-13(16(2,3)4)24-15(20(9)5)19-25(22,23)12-8-10(17)6-7-11(12)14(18)21/h6-8H,1-5H3,(H2,18,21)/b19-15-. The van der Waals surface area contributed by atoms with Gasteiger partial charge in [0.2, 0.25) is 10.7 Å². The highest BCUT2D eigenvalue weighted by molar-refractivity contribution is 7.90. The minimum Gasteiger partial charge on any atom is -0.366 e. The summed E-state index contributed by atoms with van der Waals surface area (Å²) in [7, 11) is -2.40. The van der Waals surface area contributed by atoms with E-state index in [9.17, 15) is 13.2 Å². The second-order valence-corrected chi connectivity index (χ2v) is 9.67. The summed E-state index contributed by atoms with van der Waals surface area (Å²) < 4.78 is 31.2. The van der Waals surface area contributed by atoms with Crippen molar-refractivity contribution in [2.75, 3.05) is 0 Å².